The number of hydrogen-bond donors (Lipinski definition) is 0. The van der Waals surface area contributed by atoms with E-state index >= 15 is 0 Å². The molecule has 186 valence electrons. The Morgan fingerprint density at radius 1 is 1.22 bits per heavy atom. The van der Waals surface area contributed by atoms with Gasteiger partial charge in [-0.25, -0.2) is 9.79 Å². The molecule has 0 unspecified atom stereocenters. The van der Waals surface area contributed by atoms with E-state index in [1.165, 1.54) is 28.0 Å². The van der Waals surface area contributed by atoms with Crippen LogP contribution in [0.25, 0.3) is 6.08 Å². The van der Waals surface area contributed by atoms with Crippen LogP contribution in [-0.4, -0.2) is 28.2 Å². The standard InChI is InChI=1S/C26H25N3O6S/c1-5-34-25(31)22-16(4)27-26-28(23(22)19-8-6-7-9-20(19)35-15(2)3)24(30)21(36-26)14-17-10-12-18(13-11-17)29(32)33/h6-15,23H,5H2,1-4H3/b21-14+/t23-/m0/s1. The minimum absolute atomic E-state index is 0.0370. The van der Waals surface area contributed by atoms with Crippen LogP contribution in [0.15, 0.2) is 69.6 Å². The first kappa shape index (κ1) is 25.1. The molecule has 2 heterocycles. The minimum Gasteiger partial charge on any atom is -0.491 e. The third-order valence-electron chi connectivity index (χ3n) is 5.49. The first-order valence-corrected chi connectivity index (χ1v) is 12.2. The first-order valence-electron chi connectivity index (χ1n) is 11.4. The van der Waals surface area contributed by atoms with Gasteiger partial charge in [0.05, 0.1) is 33.4 Å². The van der Waals surface area contributed by atoms with Gasteiger partial charge in [-0.15, -0.1) is 0 Å². The van der Waals surface area contributed by atoms with E-state index in [-0.39, 0.29) is 29.5 Å². The predicted octanol–water partition coefficient (Wildman–Crippen LogP) is 3.49. The van der Waals surface area contributed by atoms with Gasteiger partial charge < -0.3 is 9.47 Å². The molecular weight excluding hydrogens is 482 g/mol. The summed E-state index contributed by atoms with van der Waals surface area (Å²) in [6.07, 6.45) is 1.53. The molecule has 0 saturated heterocycles. The minimum atomic E-state index is -0.797. The number of ether oxygens (including phenoxy) is 2. The zero-order chi connectivity index (χ0) is 26.0. The fourth-order valence-corrected chi connectivity index (χ4v) is 5.04. The zero-order valence-corrected chi connectivity index (χ0v) is 21.1. The second-order valence-corrected chi connectivity index (χ2v) is 9.36. The monoisotopic (exact) mass is 507 g/mol. The van der Waals surface area contributed by atoms with Crippen LogP contribution in [0.5, 0.6) is 5.75 Å². The molecule has 10 heteroatoms. The summed E-state index contributed by atoms with van der Waals surface area (Å²) in [6.45, 7) is 7.42. The number of nitro groups is 1. The van der Waals surface area contributed by atoms with E-state index in [4.69, 9.17) is 9.47 Å². The number of allylic oxidation sites excluding steroid dienone is 1. The lowest BCUT2D eigenvalue weighted by Crippen LogP contribution is -2.40. The highest BCUT2D eigenvalue weighted by atomic mass is 32.1. The van der Waals surface area contributed by atoms with Crippen molar-refractivity contribution in [3.8, 4) is 5.75 Å². The normalized spacial score (nSPS) is 15.5. The number of esters is 1. The average molecular weight is 508 g/mol. The smallest absolute Gasteiger partial charge is 0.338 e. The number of rotatable bonds is 7. The Labute approximate surface area is 210 Å². The molecule has 0 fully saturated rings. The maximum atomic E-state index is 13.7. The van der Waals surface area contributed by atoms with E-state index in [2.05, 4.69) is 4.99 Å². The molecule has 0 bridgehead atoms. The molecule has 0 saturated carbocycles. The summed E-state index contributed by atoms with van der Waals surface area (Å²) < 4.78 is 13.2. The van der Waals surface area contributed by atoms with Crippen molar-refractivity contribution < 1.29 is 19.2 Å². The maximum absolute atomic E-state index is 13.7. The van der Waals surface area contributed by atoms with Crippen molar-refractivity contribution in [1.29, 1.82) is 0 Å². The number of carbonyl (C=O) groups is 1. The largest absolute Gasteiger partial charge is 0.491 e. The number of aromatic nitrogens is 1. The van der Waals surface area contributed by atoms with E-state index in [0.717, 1.165) is 0 Å². The van der Waals surface area contributed by atoms with Crippen LogP contribution >= 0.6 is 11.3 Å². The van der Waals surface area contributed by atoms with Crippen molar-refractivity contribution in [1.82, 2.24) is 4.57 Å². The molecule has 0 radical (unpaired) electrons. The highest BCUT2D eigenvalue weighted by Gasteiger charge is 2.35. The van der Waals surface area contributed by atoms with Crippen molar-refractivity contribution in [2.24, 2.45) is 4.99 Å². The molecule has 36 heavy (non-hydrogen) atoms. The maximum Gasteiger partial charge on any atom is 0.338 e. The average Bonchev–Trinajstić information content (AvgIpc) is 3.13. The van der Waals surface area contributed by atoms with Crippen LogP contribution in [0.2, 0.25) is 0 Å². The Kier molecular flexibility index (Phi) is 7.16. The van der Waals surface area contributed by atoms with E-state index in [0.29, 0.717) is 31.9 Å². The number of non-ortho nitro benzene ring substituents is 1. The van der Waals surface area contributed by atoms with E-state index in [1.807, 2.05) is 32.0 Å². The molecule has 1 aliphatic heterocycles. The lowest BCUT2D eigenvalue weighted by molar-refractivity contribution is -0.384. The Morgan fingerprint density at radius 2 is 1.92 bits per heavy atom. The van der Waals surface area contributed by atoms with Crippen molar-refractivity contribution in [3.63, 3.8) is 0 Å². The summed E-state index contributed by atoms with van der Waals surface area (Å²) >= 11 is 1.18. The van der Waals surface area contributed by atoms with E-state index < -0.39 is 16.9 Å². The van der Waals surface area contributed by atoms with Gasteiger partial charge in [-0.05, 0) is 57.5 Å². The van der Waals surface area contributed by atoms with Gasteiger partial charge in [-0.1, -0.05) is 29.5 Å². The highest BCUT2D eigenvalue weighted by Crippen LogP contribution is 2.36. The topological polar surface area (TPSA) is 113 Å². The van der Waals surface area contributed by atoms with Gasteiger partial charge in [0, 0.05) is 17.7 Å². The van der Waals surface area contributed by atoms with Crippen LogP contribution in [0.4, 0.5) is 5.69 Å². The number of hydrogen-bond acceptors (Lipinski definition) is 8. The lowest BCUT2D eigenvalue weighted by Gasteiger charge is -2.26. The summed E-state index contributed by atoms with van der Waals surface area (Å²) in [5, 5.41) is 11.0. The highest BCUT2D eigenvalue weighted by molar-refractivity contribution is 7.07. The first-order chi connectivity index (χ1) is 17.2. The van der Waals surface area contributed by atoms with Gasteiger partial charge in [0.15, 0.2) is 4.80 Å². The Hall–Kier alpha value is -4.05. The van der Waals surface area contributed by atoms with Crippen LogP contribution < -0.4 is 19.6 Å². The fraction of sp³-hybridized carbons (Fsp3) is 0.269. The number of para-hydroxylation sites is 1. The summed E-state index contributed by atoms with van der Waals surface area (Å²) in [5.74, 6) is 0.00620. The van der Waals surface area contributed by atoms with Crippen LogP contribution in [-0.2, 0) is 9.53 Å². The summed E-state index contributed by atoms with van der Waals surface area (Å²) in [5.41, 5.74) is 1.63. The number of carbonyl (C=O) groups excluding carboxylic acids is 1. The van der Waals surface area contributed by atoms with Gasteiger partial charge >= 0.3 is 5.97 Å². The molecular formula is C26H25N3O6S. The molecule has 3 aromatic rings. The Morgan fingerprint density at radius 3 is 2.56 bits per heavy atom. The number of benzene rings is 2. The molecule has 0 aliphatic carbocycles. The zero-order valence-electron chi connectivity index (χ0n) is 20.3. The number of thiazole rings is 1. The van der Waals surface area contributed by atoms with Gasteiger partial charge in [-0.2, -0.15) is 0 Å². The molecule has 0 spiro atoms. The van der Waals surface area contributed by atoms with Crippen molar-refractivity contribution >= 4 is 29.1 Å². The van der Waals surface area contributed by atoms with Crippen LogP contribution in [0, 0.1) is 10.1 Å². The Bertz CT molecular complexity index is 1530. The summed E-state index contributed by atoms with van der Waals surface area (Å²) in [6, 6.07) is 12.4. The predicted molar refractivity (Wildman–Crippen MR) is 136 cm³/mol. The van der Waals surface area contributed by atoms with E-state index in [1.54, 1.807) is 38.1 Å². The van der Waals surface area contributed by atoms with Gasteiger partial charge in [0.2, 0.25) is 0 Å². The summed E-state index contributed by atoms with van der Waals surface area (Å²) in [7, 11) is 0. The molecule has 1 atom stereocenters. The molecule has 2 aromatic carbocycles. The van der Waals surface area contributed by atoms with Gasteiger partial charge in [0.1, 0.15) is 11.8 Å². The van der Waals surface area contributed by atoms with E-state index in [9.17, 15) is 19.7 Å². The number of fused-ring (bicyclic) bond motifs is 1. The molecule has 4 rings (SSSR count). The molecule has 1 aliphatic rings. The number of nitrogens with zero attached hydrogens (tertiary/aromatic N) is 3. The van der Waals surface area contributed by atoms with Gasteiger partial charge in [-0.3, -0.25) is 19.5 Å². The SMILES string of the molecule is CCOC(=O)C1=C(C)N=c2s/c(=C/c3ccc([N+](=O)[O-])cc3)c(=O)n2[C@H]1c1ccccc1OC(C)C. The Balaban J connectivity index is 1.94. The summed E-state index contributed by atoms with van der Waals surface area (Å²) in [4.78, 5) is 42.3. The van der Waals surface area contributed by atoms with Gasteiger partial charge in [0.25, 0.3) is 11.2 Å². The van der Waals surface area contributed by atoms with Crippen molar-refractivity contribution in [3.05, 3.63) is 101 Å². The molecule has 0 N–H and O–H groups in total. The molecule has 1 aromatic heterocycles. The quantitative estimate of drug-likeness (QED) is 0.275. The second-order valence-electron chi connectivity index (χ2n) is 8.36. The van der Waals surface area contributed by atoms with Crippen molar-refractivity contribution in [2.75, 3.05) is 6.61 Å². The van der Waals surface area contributed by atoms with Crippen LogP contribution in [0.1, 0.15) is 44.9 Å². The number of nitro benzene ring substituents is 1. The third-order valence-corrected chi connectivity index (χ3v) is 6.48. The third kappa shape index (κ3) is 4.85. The van der Waals surface area contributed by atoms with Crippen LogP contribution in [0.3, 0.4) is 0 Å². The fourth-order valence-electron chi connectivity index (χ4n) is 4.00. The lowest BCUT2D eigenvalue weighted by atomic mass is 9.95. The second kappa shape index (κ2) is 10.3. The van der Waals surface area contributed by atoms with Crippen molar-refractivity contribution in [2.45, 2.75) is 39.8 Å². The molecule has 0 amide bonds. The molecule has 9 nitrogen and oxygen atoms in total.